The predicted octanol–water partition coefficient (Wildman–Crippen LogP) is 2.69. The highest BCUT2D eigenvalue weighted by molar-refractivity contribution is 5.49. The Balaban J connectivity index is 1.61. The van der Waals surface area contributed by atoms with E-state index in [2.05, 4.69) is 0 Å². The molecule has 116 valence electrons. The fourth-order valence-electron chi connectivity index (χ4n) is 2.11. The maximum atomic E-state index is 10.7. The van der Waals surface area contributed by atoms with Gasteiger partial charge in [0.25, 0.3) is 5.69 Å². The molecule has 0 saturated heterocycles. The molecule has 1 heterocycles. The smallest absolute Gasteiger partial charge is 0.273 e. The first kappa shape index (κ1) is 14.7. The Bertz CT molecular complexity index is 767. The van der Waals surface area contributed by atoms with Crippen LogP contribution in [0.4, 0.5) is 5.69 Å². The Labute approximate surface area is 131 Å². The molecule has 0 aliphatic carbocycles. The van der Waals surface area contributed by atoms with Crippen LogP contribution in [0.2, 0.25) is 0 Å². The molecule has 23 heavy (non-hydrogen) atoms. The van der Waals surface area contributed by atoms with E-state index < -0.39 is 4.92 Å². The van der Waals surface area contributed by atoms with Crippen LogP contribution in [0.5, 0.6) is 17.2 Å². The molecule has 0 spiro atoms. The number of fused-ring (bicyclic) bond motifs is 1. The van der Waals surface area contributed by atoms with Crippen molar-refractivity contribution in [2.24, 2.45) is 0 Å². The van der Waals surface area contributed by atoms with Crippen LogP contribution >= 0.6 is 0 Å². The van der Waals surface area contributed by atoms with Crippen molar-refractivity contribution >= 4 is 5.69 Å². The van der Waals surface area contributed by atoms with Crippen molar-refractivity contribution in [3.8, 4) is 23.3 Å². The maximum Gasteiger partial charge on any atom is 0.273 e. The number of nitro groups is 1. The largest absolute Gasteiger partial charge is 0.490 e. The van der Waals surface area contributed by atoms with Crippen LogP contribution in [0.3, 0.4) is 0 Å². The van der Waals surface area contributed by atoms with Crippen LogP contribution < -0.4 is 14.2 Å². The van der Waals surface area contributed by atoms with Crippen molar-refractivity contribution in [2.75, 3.05) is 13.2 Å². The molecule has 3 rings (SSSR count). The van der Waals surface area contributed by atoms with Crippen molar-refractivity contribution in [1.29, 1.82) is 5.26 Å². The summed E-state index contributed by atoms with van der Waals surface area (Å²) in [7, 11) is 0. The molecule has 0 amide bonds. The van der Waals surface area contributed by atoms with Crippen LogP contribution in [0, 0.1) is 21.4 Å². The summed E-state index contributed by atoms with van der Waals surface area (Å²) in [5.41, 5.74) is 0.518. The molecule has 2 aromatic carbocycles. The van der Waals surface area contributed by atoms with Crippen LogP contribution in [-0.2, 0) is 0 Å². The third-order valence-electron chi connectivity index (χ3n) is 3.28. The molecule has 0 N–H and O–H groups in total. The highest BCUT2D eigenvalue weighted by Crippen LogP contribution is 2.34. The lowest BCUT2D eigenvalue weighted by molar-refractivity contribution is -0.385. The minimum Gasteiger partial charge on any atom is -0.490 e. The Kier molecular flexibility index (Phi) is 3.97. The Morgan fingerprint density at radius 3 is 2.74 bits per heavy atom. The molecule has 0 saturated carbocycles. The zero-order chi connectivity index (χ0) is 16.2. The summed E-state index contributed by atoms with van der Waals surface area (Å²) < 4.78 is 16.8. The third kappa shape index (κ3) is 3.32. The first-order chi connectivity index (χ1) is 11.2. The molecule has 0 fully saturated rings. The SMILES string of the molecule is N#Cc1ccc(OC[C@H]2COc3cc([N+](=O)[O-])ccc3O2)cc1. The second-order valence-corrected chi connectivity index (χ2v) is 4.89. The number of hydrogen-bond donors (Lipinski definition) is 0. The number of hydrogen-bond acceptors (Lipinski definition) is 6. The zero-order valence-corrected chi connectivity index (χ0v) is 12.0. The molecule has 0 unspecified atom stereocenters. The molecule has 7 nitrogen and oxygen atoms in total. The number of benzene rings is 2. The number of nitriles is 1. The van der Waals surface area contributed by atoms with Crippen LogP contribution in [0.15, 0.2) is 42.5 Å². The van der Waals surface area contributed by atoms with Gasteiger partial charge < -0.3 is 14.2 Å². The summed E-state index contributed by atoms with van der Waals surface area (Å²) in [4.78, 5) is 10.2. The maximum absolute atomic E-state index is 10.7. The highest BCUT2D eigenvalue weighted by atomic mass is 16.6. The van der Waals surface area contributed by atoms with Gasteiger partial charge in [-0.3, -0.25) is 10.1 Å². The number of nitro benzene ring substituents is 1. The monoisotopic (exact) mass is 312 g/mol. The van der Waals surface area contributed by atoms with Crippen LogP contribution in [-0.4, -0.2) is 24.2 Å². The number of rotatable bonds is 4. The molecule has 7 heteroatoms. The topological polar surface area (TPSA) is 94.6 Å². The molecule has 1 aliphatic heterocycles. The normalized spacial score (nSPS) is 15.5. The fourth-order valence-corrected chi connectivity index (χ4v) is 2.11. The van der Waals surface area contributed by atoms with E-state index in [1.165, 1.54) is 18.2 Å². The lowest BCUT2D eigenvalue weighted by atomic mass is 10.2. The molecule has 0 aromatic heterocycles. The van der Waals surface area contributed by atoms with Crippen molar-refractivity contribution in [1.82, 2.24) is 0 Å². The van der Waals surface area contributed by atoms with E-state index in [4.69, 9.17) is 19.5 Å². The van der Waals surface area contributed by atoms with E-state index in [0.717, 1.165) is 0 Å². The number of ether oxygens (including phenoxy) is 3. The minimum atomic E-state index is -0.482. The van der Waals surface area contributed by atoms with Crippen LogP contribution in [0.1, 0.15) is 5.56 Å². The average Bonchev–Trinajstić information content (AvgIpc) is 2.59. The van der Waals surface area contributed by atoms with E-state index in [0.29, 0.717) is 22.8 Å². The van der Waals surface area contributed by atoms with Gasteiger partial charge in [0.15, 0.2) is 17.6 Å². The highest BCUT2D eigenvalue weighted by Gasteiger charge is 2.23. The molecular formula is C16H12N2O5. The van der Waals surface area contributed by atoms with Gasteiger partial charge in [0.2, 0.25) is 0 Å². The predicted molar refractivity (Wildman–Crippen MR) is 79.7 cm³/mol. The first-order valence-corrected chi connectivity index (χ1v) is 6.86. The van der Waals surface area contributed by atoms with Gasteiger partial charge >= 0.3 is 0 Å². The van der Waals surface area contributed by atoms with E-state index in [1.807, 2.05) is 6.07 Å². The first-order valence-electron chi connectivity index (χ1n) is 6.86. The summed E-state index contributed by atoms with van der Waals surface area (Å²) in [6, 6.07) is 13.0. The minimum absolute atomic E-state index is 0.0420. The standard InChI is InChI=1S/C16H12N2O5/c17-8-11-1-4-13(5-2-11)21-9-14-10-22-16-7-12(18(19)20)3-6-15(16)23-14/h1-7,14H,9-10H2/t14-/m0/s1. The summed E-state index contributed by atoms with van der Waals surface area (Å²) in [5, 5.41) is 19.5. The van der Waals surface area contributed by atoms with E-state index in [1.54, 1.807) is 24.3 Å². The molecule has 2 aromatic rings. The van der Waals surface area contributed by atoms with Gasteiger partial charge in [0, 0.05) is 6.07 Å². The van der Waals surface area contributed by atoms with E-state index >= 15 is 0 Å². The molecule has 0 radical (unpaired) electrons. The molecule has 0 bridgehead atoms. The third-order valence-corrected chi connectivity index (χ3v) is 3.28. The van der Waals surface area contributed by atoms with Crippen molar-refractivity contribution in [3.63, 3.8) is 0 Å². The second-order valence-electron chi connectivity index (χ2n) is 4.89. The lowest BCUT2D eigenvalue weighted by Gasteiger charge is -2.26. The van der Waals surface area contributed by atoms with Crippen molar-refractivity contribution in [3.05, 3.63) is 58.1 Å². The number of nitrogens with zero attached hydrogens (tertiary/aromatic N) is 2. The van der Waals surface area contributed by atoms with E-state index in [-0.39, 0.29) is 25.0 Å². The second kappa shape index (κ2) is 6.23. The molecule has 1 atom stereocenters. The van der Waals surface area contributed by atoms with Gasteiger partial charge in [0.1, 0.15) is 19.0 Å². The van der Waals surface area contributed by atoms with Gasteiger partial charge in [-0.1, -0.05) is 0 Å². The quantitative estimate of drug-likeness (QED) is 0.636. The summed E-state index contributed by atoms with van der Waals surface area (Å²) in [5.74, 6) is 1.44. The van der Waals surface area contributed by atoms with Gasteiger partial charge in [-0.05, 0) is 30.3 Å². The zero-order valence-electron chi connectivity index (χ0n) is 12.0. The van der Waals surface area contributed by atoms with Gasteiger partial charge in [-0.25, -0.2) is 0 Å². The molecular weight excluding hydrogens is 300 g/mol. The Morgan fingerprint density at radius 2 is 2.04 bits per heavy atom. The Morgan fingerprint density at radius 1 is 1.26 bits per heavy atom. The average molecular weight is 312 g/mol. The van der Waals surface area contributed by atoms with E-state index in [9.17, 15) is 10.1 Å². The number of non-ortho nitro benzene ring substituents is 1. The summed E-state index contributed by atoms with van der Waals surface area (Å²) in [6.07, 6.45) is -0.320. The van der Waals surface area contributed by atoms with Crippen LogP contribution in [0.25, 0.3) is 0 Å². The lowest BCUT2D eigenvalue weighted by Crippen LogP contribution is -2.34. The summed E-state index contributed by atoms with van der Waals surface area (Å²) in [6.45, 7) is 0.507. The van der Waals surface area contributed by atoms with Crippen molar-refractivity contribution in [2.45, 2.75) is 6.10 Å². The van der Waals surface area contributed by atoms with Gasteiger partial charge in [-0.15, -0.1) is 0 Å². The van der Waals surface area contributed by atoms with Gasteiger partial charge in [0.05, 0.1) is 22.6 Å². The fraction of sp³-hybridized carbons (Fsp3) is 0.188. The summed E-state index contributed by atoms with van der Waals surface area (Å²) >= 11 is 0. The Hall–Kier alpha value is -3.27. The molecule has 1 aliphatic rings. The van der Waals surface area contributed by atoms with Gasteiger partial charge in [-0.2, -0.15) is 5.26 Å². The van der Waals surface area contributed by atoms with Crippen molar-refractivity contribution < 1.29 is 19.1 Å².